The monoisotopic (exact) mass is 224 g/mol. The molecule has 0 aromatic heterocycles. The summed E-state index contributed by atoms with van der Waals surface area (Å²) in [6, 6.07) is 3.82. The lowest BCUT2D eigenvalue weighted by Crippen LogP contribution is -2.26. The molecular formula is C13H21FN2. The number of nitrogens with one attached hydrogen (secondary N) is 1. The summed E-state index contributed by atoms with van der Waals surface area (Å²) in [6.45, 7) is 6.38. The Hall–Kier alpha value is -0.930. The normalized spacial score (nSPS) is 11.1. The summed E-state index contributed by atoms with van der Waals surface area (Å²) in [4.78, 5) is 2.13. The molecule has 2 nitrogen and oxygen atoms in total. The summed E-state index contributed by atoms with van der Waals surface area (Å²) >= 11 is 0. The quantitative estimate of drug-likeness (QED) is 0.770. The molecule has 0 aliphatic carbocycles. The Morgan fingerprint density at radius 1 is 1.19 bits per heavy atom. The Bertz CT molecular complexity index is 325. The minimum absolute atomic E-state index is 0.0861. The molecule has 0 saturated carbocycles. The Morgan fingerprint density at radius 2 is 1.75 bits per heavy atom. The van der Waals surface area contributed by atoms with Gasteiger partial charge in [0.15, 0.2) is 0 Å². The fourth-order valence-electron chi connectivity index (χ4n) is 1.67. The second kappa shape index (κ2) is 5.97. The molecule has 1 aromatic rings. The van der Waals surface area contributed by atoms with E-state index in [0.717, 1.165) is 36.3 Å². The first-order valence-corrected chi connectivity index (χ1v) is 5.61. The van der Waals surface area contributed by atoms with E-state index in [1.165, 1.54) is 0 Å². The average Bonchev–Trinajstić information content (AvgIpc) is 2.20. The van der Waals surface area contributed by atoms with Gasteiger partial charge in [-0.15, -0.1) is 0 Å². The van der Waals surface area contributed by atoms with Crippen molar-refractivity contribution in [3.8, 4) is 0 Å². The van der Waals surface area contributed by atoms with E-state index in [0.29, 0.717) is 0 Å². The fourth-order valence-corrected chi connectivity index (χ4v) is 1.67. The molecule has 0 fully saturated rings. The maximum absolute atomic E-state index is 13.4. The molecule has 1 rings (SSSR count). The van der Waals surface area contributed by atoms with Crippen LogP contribution in [0, 0.1) is 19.7 Å². The second-order valence-corrected chi connectivity index (χ2v) is 4.52. The van der Waals surface area contributed by atoms with Crippen LogP contribution in [0.1, 0.15) is 16.7 Å². The lowest BCUT2D eigenvalue weighted by atomic mass is 10.1. The van der Waals surface area contributed by atoms with Gasteiger partial charge in [-0.1, -0.05) is 12.1 Å². The first-order valence-electron chi connectivity index (χ1n) is 5.61. The molecule has 0 saturated heterocycles. The van der Waals surface area contributed by atoms with Gasteiger partial charge >= 0.3 is 0 Å². The van der Waals surface area contributed by atoms with Crippen molar-refractivity contribution >= 4 is 0 Å². The van der Waals surface area contributed by atoms with Crippen LogP contribution in [-0.2, 0) is 6.54 Å². The van der Waals surface area contributed by atoms with Crippen LogP contribution in [0.5, 0.6) is 0 Å². The van der Waals surface area contributed by atoms with Gasteiger partial charge in [-0.25, -0.2) is 4.39 Å². The minimum Gasteiger partial charge on any atom is -0.311 e. The molecule has 1 N–H and O–H groups in total. The summed E-state index contributed by atoms with van der Waals surface area (Å²) in [5, 5.41) is 3.34. The van der Waals surface area contributed by atoms with Gasteiger partial charge in [0.1, 0.15) is 5.82 Å². The van der Waals surface area contributed by atoms with Gasteiger partial charge in [0.05, 0.1) is 0 Å². The molecule has 0 heterocycles. The van der Waals surface area contributed by atoms with E-state index in [-0.39, 0.29) is 5.82 Å². The molecule has 0 radical (unpaired) electrons. The van der Waals surface area contributed by atoms with E-state index in [1.807, 2.05) is 40.1 Å². The van der Waals surface area contributed by atoms with Crippen molar-refractivity contribution < 1.29 is 4.39 Å². The zero-order chi connectivity index (χ0) is 12.1. The SMILES string of the molecule is Cc1cc(CNCCN(C)C)cc(C)c1F. The van der Waals surface area contributed by atoms with Gasteiger partial charge in [-0.2, -0.15) is 0 Å². The van der Waals surface area contributed by atoms with E-state index in [9.17, 15) is 4.39 Å². The van der Waals surface area contributed by atoms with Crippen molar-refractivity contribution in [1.29, 1.82) is 0 Å². The van der Waals surface area contributed by atoms with Gasteiger partial charge < -0.3 is 10.2 Å². The van der Waals surface area contributed by atoms with Crippen molar-refractivity contribution in [3.05, 3.63) is 34.6 Å². The molecule has 3 heteroatoms. The molecule has 0 aliphatic rings. The summed E-state index contributed by atoms with van der Waals surface area (Å²) in [7, 11) is 4.10. The highest BCUT2D eigenvalue weighted by Gasteiger charge is 2.03. The third-order valence-corrected chi connectivity index (χ3v) is 2.56. The van der Waals surface area contributed by atoms with Gasteiger partial charge in [0.2, 0.25) is 0 Å². The Morgan fingerprint density at radius 3 is 2.25 bits per heavy atom. The minimum atomic E-state index is -0.0861. The summed E-state index contributed by atoms with van der Waals surface area (Å²) in [5.74, 6) is -0.0861. The first-order chi connectivity index (χ1) is 7.50. The van der Waals surface area contributed by atoms with Gasteiger partial charge in [-0.3, -0.25) is 0 Å². The number of nitrogens with zero attached hydrogens (tertiary/aromatic N) is 1. The molecule has 16 heavy (non-hydrogen) atoms. The molecule has 0 amide bonds. The number of hydrogen-bond donors (Lipinski definition) is 1. The maximum atomic E-state index is 13.4. The Labute approximate surface area is 97.5 Å². The largest absolute Gasteiger partial charge is 0.311 e. The van der Waals surface area contributed by atoms with Crippen LogP contribution >= 0.6 is 0 Å². The van der Waals surface area contributed by atoms with E-state index < -0.39 is 0 Å². The zero-order valence-corrected chi connectivity index (χ0v) is 10.6. The van der Waals surface area contributed by atoms with Crippen molar-refractivity contribution in [1.82, 2.24) is 10.2 Å². The van der Waals surface area contributed by atoms with Crippen molar-refractivity contribution in [2.45, 2.75) is 20.4 Å². The zero-order valence-electron chi connectivity index (χ0n) is 10.6. The van der Waals surface area contributed by atoms with E-state index in [1.54, 1.807) is 0 Å². The summed E-state index contributed by atoms with van der Waals surface area (Å²) in [6.07, 6.45) is 0. The molecule has 0 bridgehead atoms. The van der Waals surface area contributed by atoms with Gasteiger partial charge in [-0.05, 0) is 44.6 Å². The van der Waals surface area contributed by atoms with Crippen molar-refractivity contribution in [2.24, 2.45) is 0 Å². The fraction of sp³-hybridized carbons (Fsp3) is 0.538. The van der Waals surface area contributed by atoms with Gasteiger partial charge in [0.25, 0.3) is 0 Å². The molecule has 0 atom stereocenters. The Balaban J connectivity index is 2.49. The van der Waals surface area contributed by atoms with E-state index >= 15 is 0 Å². The average molecular weight is 224 g/mol. The number of benzene rings is 1. The van der Waals surface area contributed by atoms with Crippen LogP contribution in [0.2, 0.25) is 0 Å². The highest BCUT2D eigenvalue weighted by atomic mass is 19.1. The molecular weight excluding hydrogens is 203 g/mol. The number of rotatable bonds is 5. The predicted molar refractivity (Wildman–Crippen MR) is 66.1 cm³/mol. The highest BCUT2D eigenvalue weighted by Crippen LogP contribution is 2.14. The van der Waals surface area contributed by atoms with Crippen LogP contribution in [0.15, 0.2) is 12.1 Å². The molecule has 0 unspecified atom stereocenters. The highest BCUT2D eigenvalue weighted by molar-refractivity contribution is 5.30. The third-order valence-electron chi connectivity index (χ3n) is 2.56. The van der Waals surface area contributed by atoms with Crippen LogP contribution in [0.4, 0.5) is 4.39 Å². The van der Waals surface area contributed by atoms with Crippen LogP contribution in [0.25, 0.3) is 0 Å². The van der Waals surface area contributed by atoms with Crippen molar-refractivity contribution in [3.63, 3.8) is 0 Å². The van der Waals surface area contributed by atoms with Gasteiger partial charge in [0, 0.05) is 19.6 Å². The molecule has 0 spiro atoms. The number of hydrogen-bond acceptors (Lipinski definition) is 2. The topological polar surface area (TPSA) is 15.3 Å². The number of aryl methyl sites for hydroxylation is 2. The molecule has 0 aliphatic heterocycles. The van der Waals surface area contributed by atoms with E-state index in [4.69, 9.17) is 0 Å². The number of halogens is 1. The third kappa shape index (κ3) is 3.91. The lowest BCUT2D eigenvalue weighted by Gasteiger charge is -2.11. The van der Waals surface area contributed by atoms with Crippen molar-refractivity contribution in [2.75, 3.05) is 27.2 Å². The second-order valence-electron chi connectivity index (χ2n) is 4.52. The van der Waals surface area contributed by atoms with Crippen LogP contribution < -0.4 is 5.32 Å². The summed E-state index contributed by atoms with van der Waals surface area (Å²) < 4.78 is 13.4. The number of likely N-dealkylation sites (N-methyl/N-ethyl adjacent to an activating group) is 1. The maximum Gasteiger partial charge on any atom is 0.129 e. The lowest BCUT2D eigenvalue weighted by molar-refractivity contribution is 0.400. The smallest absolute Gasteiger partial charge is 0.129 e. The first kappa shape index (κ1) is 13.1. The molecule has 90 valence electrons. The predicted octanol–water partition coefficient (Wildman–Crippen LogP) is 2.09. The summed E-state index contributed by atoms with van der Waals surface area (Å²) in [5.41, 5.74) is 2.60. The Kier molecular flexibility index (Phi) is 4.90. The van der Waals surface area contributed by atoms with Crippen LogP contribution in [-0.4, -0.2) is 32.1 Å². The standard InChI is InChI=1S/C13H21FN2/c1-10-7-12(8-11(2)13(10)14)9-15-5-6-16(3)4/h7-8,15H,5-6,9H2,1-4H3. The van der Waals surface area contributed by atoms with Crippen LogP contribution in [0.3, 0.4) is 0 Å². The molecule has 1 aromatic carbocycles. The van der Waals surface area contributed by atoms with E-state index in [2.05, 4.69) is 10.2 Å².